The number of hydrogen-bond donors (Lipinski definition) is 1. The molecule has 1 atom stereocenters. The third-order valence-corrected chi connectivity index (χ3v) is 3.03. The first-order valence-electron chi connectivity index (χ1n) is 4.97. The van der Waals surface area contributed by atoms with Crippen molar-refractivity contribution < 1.29 is 0 Å². The molecule has 0 bridgehead atoms. The first-order chi connectivity index (χ1) is 6.45. The molecule has 1 aromatic rings. The van der Waals surface area contributed by atoms with E-state index in [2.05, 4.69) is 35.7 Å². The van der Waals surface area contributed by atoms with Crippen LogP contribution in [0.5, 0.6) is 0 Å². The van der Waals surface area contributed by atoms with Crippen LogP contribution in [0.15, 0.2) is 30.3 Å². The molecule has 1 N–H and O–H groups in total. The first-order valence-corrected chi connectivity index (χ1v) is 4.97. The Hall–Kier alpha value is -1.08. The molecular formula is C12H13N. The molecule has 1 heterocycles. The topological polar surface area (TPSA) is 12.0 Å². The Balaban J connectivity index is 2.13. The van der Waals surface area contributed by atoms with E-state index in [4.69, 9.17) is 0 Å². The Morgan fingerprint density at radius 3 is 3.15 bits per heavy atom. The van der Waals surface area contributed by atoms with Crippen LogP contribution in [0, 0.1) is 0 Å². The summed E-state index contributed by atoms with van der Waals surface area (Å²) >= 11 is 0. The van der Waals surface area contributed by atoms with Gasteiger partial charge in [0.1, 0.15) is 0 Å². The lowest BCUT2D eigenvalue weighted by atomic mass is 10.0. The minimum atomic E-state index is 0.603. The van der Waals surface area contributed by atoms with Crippen molar-refractivity contribution in [2.24, 2.45) is 0 Å². The SMILES string of the molecule is C1=C2c3ccccc3CC2NCC1. The Morgan fingerprint density at radius 1 is 1.23 bits per heavy atom. The van der Waals surface area contributed by atoms with Gasteiger partial charge < -0.3 is 5.32 Å². The second-order valence-corrected chi connectivity index (χ2v) is 3.82. The zero-order valence-corrected chi connectivity index (χ0v) is 7.59. The number of benzene rings is 1. The molecule has 66 valence electrons. The number of nitrogens with one attached hydrogen (secondary N) is 1. The normalized spacial score (nSPS) is 24.9. The predicted molar refractivity (Wildman–Crippen MR) is 54.5 cm³/mol. The quantitative estimate of drug-likeness (QED) is 0.629. The van der Waals surface area contributed by atoms with E-state index in [9.17, 15) is 0 Å². The highest BCUT2D eigenvalue weighted by Gasteiger charge is 2.27. The van der Waals surface area contributed by atoms with Gasteiger partial charge in [-0.15, -0.1) is 0 Å². The summed E-state index contributed by atoms with van der Waals surface area (Å²) in [6.07, 6.45) is 4.76. The molecule has 1 unspecified atom stereocenters. The van der Waals surface area contributed by atoms with Gasteiger partial charge in [-0.25, -0.2) is 0 Å². The average molecular weight is 171 g/mol. The Morgan fingerprint density at radius 2 is 2.15 bits per heavy atom. The van der Waals surface area contributed by atoms with Gasteiger partial charge in [0.25, 0.3) is 0 Å². The van der Waals surface area contributed by atoms with Gasteiger partial charge in [-0.05, 0) is 36.1 Å². The third kappa shape index (κ3) is 1.04. The molecule has 0 radical (unpaired) electrons. The third-order valence-electron chi connectivity index (χ3n) is 3.03. The van der Waals surface area contributed by atoms with E-state index in [1.807, 2.05) is 0 Å². The van der Waals surface area contributed by atoms with Crippen molar-refractivity contribution in [3.05, 3.63) is 41.5 Å². The fourth-order valence-corrected chi connectivity index (χ4v) is 2.42. The number of rotatable bonds is 0. The summed E-state index contributed by atoms with van der Waals surface area (Å²) in [5, 5.41) is 3.56. The van der Waals surface area contributed by atoms with Gasteiger partial charge >= 0.3 is 0 Å². The van der Waals surface area contributed by atoms with Crippen LogP contribution in [0.3, 0.4) is 0 Å². The first kappa shape index (κ1) is 7.34. The van der Waals surface area contributed by atoms with Gasteiger partial charge in [-0.3, -0.25) is 0 Å². The summed E-state index contributed by atoms with van der Waals surface area (Å²) in [5.41, 5.74) is 4.51. The average Bonchev–Trinajstić information content (AvgIpc) is 2.56. The van der Waals surface area contributed by atoms with Crippen LogP contribution in [0.25, 0.3) is 5.57 Å². The minimum Gasteiger partial charge on any atom is -0.309 e. The zero-order chi connectivity index (χ0) is 8.67. The maximum atomic E-state index is 3.56. The van der Waals surface area contributed by atoms with Crippen LogP contribution in [0.1, 0.15) is 17.5 Å². The second-order valence-electron chi connectivity index (χ2n) is 3.82. The molecule has 0 fully saturated rings. The summed E-state index contributed by atoms with van der Waals surface area (Å²) in [7, 11) is 0. The summed E-state index contributed by atoms with van der Waals surface area (Å²) < 4.78 is 0. The number of hydrogen-bond acceptors (Lipinski definition) is 1. The van der Waals surface area contributed by atoms with E-state index < -0.39 is 0 Å². The lowest BCUT2D eigenvalue weighted by molar-refractivity contribution is 0.603. The minimum absolute atomic E-state index is 0.603. The monoisotopic (exact) mass is 171 g/mol. The maximum absolute atomic E-state index is 3.56. The maximum Gasteiger partial charge on any atom is 0.0364 e. The van der Waals surface area contributed by atoms with Crippen LogP contribution >= 0.6 is 0 Å². The van der Waals surface area contributed by atoms with Gasteiger partial charge in [-0.2, -0.15) is 0 Å². The molecule has 13 heavy (non-hydrogen) atoms. The van der Waals surface area contributed by atoms with E-state index in [-0.39, 0.29) is 0 Å². The smallest absolute Gasteiger partial charge is 0.0364 e. The van der Waals surface area contributed by atoms with Crippen molar-refractivity contribution in [1.29, 1.82) is 0 Å². The molecular weight excluding hydrogens is 158 g/mol. The van der Waals surface area contributed by atoms with Crippen molar-refractivity contribution in [2.75, 3.05) is 6.54 Å². The lowest BCUT2D eigenvalue weighted by Gasteiger charge is -2.19. The van der Waals surface area contributed by atoms with Crippen molar-refractivity contribution in [3.63, 3.8) is 0 Å². The molecule has 0 saturated heterocycles. The van der Waals surface area contributed by atoms with Crippen LogP contribution in [0.2, 0.25) is 0 Å². The fourth-order valence-electron chi connectivity index (χ4n) is 2.42. The molecule has 0 aromatic heterocycles. The molecule has 1 aromatic carbocycles. The predicted octanol–water partition coefficient (Wildman–Crippen LogP) is 1.99. The fraction of sp³-hybridized carbons (Fsp3) is 0.333. The van der Waals surface area contributed by atoms with E-state index in [1.54, 1.807) is 0 Å². The van der Waals surface area contributed by atoms with Crippen LogP contribution in [-0.4, -0.2) is 12.6 Å². The van der Waals surface area contributed by atoms with Crippen LogP contribution in [0.4, 0.5) is 0 Å². The molecule has 1 heteroatoms. The number of fused-ring (bicyclic) bond motifs is 3. The summed E-state index contributed by atoms with van der Waals surface area (Å²) in [6, 6.07) is 9.36. The van der Waals surface area contributed by atoms with E-state index in [0.29, 0.717) is 6.04 Å². The van der Waals surface area contributed by atoms with Gasteiger partial charge in [0, 0.05) is 6.04 Å². The van der Waals surface area contributed by atoms with E-state index in [0.717, 1.165) is 6.54 Å². The highest BCUT2D eigenvalue weighted by Crippen LogP contribution is 2.33. The Kier molecular flexibility index (Phi) is 1.53. The van der Waals surface area contributed by atoms with Crippen LogP contribution < -0.4 is 5.32 Å². The van der Waals surface area contributed by atoms with Crippen molar-refractivity contribution >= 4 is 5.57 Å². The molecule has 3 rings (SSSR count). The largest absolute Gasteiger partial charge is 0.309 e. The Bertz CT molecular complexity index is 365. The van der Waals surface area contributed by atoms with Gasteiger partial charge in [0.2, 0.25) is 0 Å². The molecule has 0 saturated carbocycles. The highest BCUT2D eigenvalue weighted by atomic mass is 14.9. The summed E-state index contributed by atoms with van der Waals surface area (Å²) in [6.45, 7) is 1.14. The lowest BCUT2D eigenvalue weighted by Crippen LogP contribution is -2.32. The zero-order valence-electron chi connectivity index (χ0n) is 7.59. The summed E-state index contributed by atoms with van der Waals surface area (Å²) in [5.74, 6) is 0. The second kappa shape index (κ2) is 2.71. The van der Waals surface area contributed by atoms with Gasteiger partial charge in [0.15, 0.2) is 0 Å². The standard InChI is InChI=1S/C12H13N/c1-2-5-10-9(4-1)8-12-11(10)6-3-7-13-12/h1-2,4-6,12-13H,3,7-8H2. The van der Waals surface area contributed by atoms with Crippen molar-refractivity contribution in [3.8, 4) is 0 Å². The molecule has 1 aliphatic heterocycles. The van der Waals surface area contributed by atoms with E-state index >= 15 is 0 Å². The molecule has 2 aliphatic rings. The molecule has 0 spiro atoms. The van der Waals surface area contributed by atoms with Crippen LogP contribution in [-0.2, 0) is 6.42 Å². The summed E-state index contributed by atoms with van der Waals surface area (Å²) in [4.78, 5) is 0. The van der Waals surface area contributed by atoms with Gasteiger partial charge in [0.05, 0.1) is 0 Å². The van der Waals surface area contributed by atoms with Gasteiger partial charge in [-0.1, -0.05) is 30.3 Å². The molecule has 1 nitrogen and oxygen atoms in total. The van der Waals surface area contributed by atoms with Crippen molar-refractivity contribution in [1.82, 2.24) is 5.32 Å². The Labute approximate surface area is 78.5 Å². The van der Waals surface area contributed by atoms with E-state index in [1.165, 1.54) is 29.5 Å². The molecule has 0 amide bonds. The molecule has 1 aliphatic carbocycles. The highest BCUT2D eigenvalue weighted by molar-refractivity contribution is 5.77. The van der Waals surface area contributed by atoms with Crippen molar-refractivity contribution in [2.45, 2.75) is 18.9 Å².